The van der Waals surface area contributed by atoms with E-state index in [1.54, 1.807) is 0 Å². The molecule has 0 atom stereocenters. The number of carbonyl (C=O) groups is 1. The van der Waals surface area contributed by atoms with Crippen LogP contribution in [0.5, 0.6) is 0 Å². The number of amides is 1. The summed E-state index contributed by atoms with van der Waals surface area (Å²) in [7, 11) is 2.14. The van der Waals surface area contributed by atoms with Gasteiger partial charge in [-0.1, -0.05) is 12.1 Å². The molecule has 1 aromatic rings. The van der Waals surface area contributed by atoms with Crippen LogP contribution in [-0.2, 0) is 17.7 Å². The van der Waals surface area contributed by atoms with Gasteiger partial charge in [-0.3, -0.25) is 0 Å². The number of benzene rings is 1. The monoisotopic (exact) mass is 263 g/mol. The van der Waals surface area contributed by atoms with Crippen molar-refractivity contribution in [1.29, 1.82) is 0 Å². The Morgan fingerprint density at radius 1 is 1.53 bits per heavy atom. The van der Waals surface area contributed by atoms with Gasteiger partial charge in [0.1, 0.15) is 6.61 Å². The van der Waals surface area contributed by atoms with Gasteiger partial charge < -0.3 is 20.7 Å². The summed E-state index contributed by atoms with van der Waals surface area (Å²) >= 11 is 0. The Balaban J connectivity index is 1.83. The van der Waals surface area contributed by atoms with Crippen molar-refractivity contribution in [2.45, 2.75) is 19.4 Å². The van der Waals surface area contributed by atoms with E-state index in [1.807, 2.05) is 0 Å². The van der Waals surface area contributed by atoms with Gasteiger partial charge in [-0.25, -0.2) is 4.79 Å². The number of anilines is 1. The molecule has 0 radical (unpaired) electrons. The second-order valence-corrected chi connectivity index (χ2v) is 4.83. The van der Waals surface area contributed by atoms with Crippen LogP contribution in [0.2, 0.25) is 0 Å². The maximum Gasteiger partial charge on any atom is 0.404 e. The van der Waals surface area contributed by atoms with Crippen molar-refractivity contribution in [3.63, 3.8) is 0 Å². The summed E-state index contributed by atoms with van der Waals surface area (Å²) in [6.07, 6.45) is 1.64. The summed E-state index contributed by atoms with van der Waals surface area (Å²) < 4.78 is 4.65. The van der Waals surface area contributed by atoms with Crippen LogP contribution >= 0.6 is 0 Å². The summed E-state index contributed by atoms with van der Waals surface area (Å²) in [5.74, 6) is 0. The molecule has 0 saturated carbocycles. The number of hydrogen-bond donors (Lipinski definition) is 2. The van der Waals surface area contributed by atoms with Crippen molar-refractivity contribution < 1.29 is 9.53 Å². The van der Waals surface area contributed by atoms with Crippen molar-refractivity contribution in [2.75, 3.05) is 31.6 Å². The maximum atomic E-state index is 10.4. The fourth-order valence-corrected chi connectivity index (χ4v) is 2.41. The quantitative estimate of drug-likeness (QED) is 0.785. The van der Waals surface area contributed by atoms with Gasteiger partial charge in [0.25, 0.3) is 0 Å². The molecule has 0 aromatic heterocycles. The molecule has 1 aliphatic rings. The lowest BCUT2D eigenvalue weighted by Crippen LogP contribution is -2.25. The van der Waals surface area contributed by atoms with Gasteiger partial charge in [0.15, 0.2) is 0 Å². The number of nitrogens with one attached hydrogen (secondary N) is 1. The number of rotatable bonds is 5. The topological polar surface area (TPSA) is 67.6 Å². The second kappa shape index (κ2) is 6.43. The first kappa shape index (κ1) is 13.7. The highest BCUT2D eigenvalue weighted by Crippen LogP contribution is 2.26. The molecule has 19 heavy (non-hydrogen) atoms. The van der Waals surface area contributed by atoms with Crippen LogP contribution in [0.15, 0.2) is 18.2 Å². The minimum Gasteiger partial charge on any atom is -0.448 e. The Morgan fingerprint density at radius 2 is 2.37 bits per heavy atom. The summed E-state index contributed by atoms with van der Waals surface area (Å²) in [5.41, 5.74) is 8.90. The Labute approximate surface area is 113 Å². The van der Waals surface area contributed by atoms with Gasteiger partial charge in [-0.15, -0.1) is 0 Å². The zero-order valence-corrected chi connectivity index (χ0v) is 11.3. The third-order valence-electron chi connectivity index (χ3n) is 3.35. The van der Waals surface area contributed by atoms with Crippen LogP contribution in [0, 0.1) is 0 Å². The average Bonchev–Trinajstić information content (AvgIpc) is 2.38. The summed E-state index contributed by atoms with van der Waals surface area (Å²) in [6.45, 7) is 2.83. The Hall–Kier alpha value is -1.75. The molecule has 3 N–H and O–H groups in total. The largest absolute Gasteiger partial charge is 0.448 e. The number of primary amides is 1. The molecule has 1 heterocycles. The smallest absolute Gasteiger partial charge is 0.404 e. The Kier molecular flexibility index (Phi) is 4.63. The lowest BCUT2D eigenvalue weighted by atomic mass is 9.99. The van der Waals surface area contributed by atoms with Crippen molar-refractivity contribution in [2.24, 2.45) is 5.73 Å². The van der Waals surface area contributed by atoms with E-state index in [2.05, 4.69) is 40.2 Å². The van der Waals surface area contributed by atoms with Crippen molar-refractivity contribution >= 4 is 11.8 Å². The number of ether oxygens (including phenoxy) is 1. The van der Waals surface area contributed by atoms with Gasteiger partial charge in [0.2, 0.25) is 0 Å². The molecular formula is C14H21N3O2. The number of carbonyl (C=O) groups excluding carboxylic acids is 1. The van der Waals surface area contributed by atoms with Crippen LogP contribution in [0.4, 0.5) is 10.5 Å². The third kappa shape index (κ3) is 3.86. The molecule has 104 valence electrons. The molecule has 1 aliphatic heterocycles. The normalized spacial score (nSPS) is 14.1. The molecule has 0 saturated heterocycles. The van der Waals surface area contributed by atoms with Gasteiger partial charge in [0, 0.05) is 32.4 Å². The minimum absolute atomic E-state index is 0.309. The number of aryl methyl sites for hydroxylation is 1. The summed E-state index contributed by atoms with van der Waals surface area (Å²) in [5, 5.41) is 3.23. The Morgan fingerprint density at radius 3 is 3.16 bits per heavy atom. The van der Waals surface area contributed by atoms with E-state index in [0.29, 0.717) is 13.2 Å². The van der Waals surface area contributed by atoms with E-state index in [1.165, 1.54) is 23.2 Å². The van der Waals surface area contributed by atoms with E-state index < -0.39 is 6.09 Å². The fraction of sp³-hybridized carbons (Fsp3) is 0.500. The highest BCUT2D eigenvalue weighted by molar-refractivity contribution is 5.64. The lowest BCUT2D eigenvalue weighted by molar-refractivity contribution is 0.157. The number of nitrogens with two attached hydrogens (primary N) is 1. The molecule has 0 fully saturated rings. The first-order valence-electron chi connectivity index (χ1n) is 6.62. The summed E-state index contributed by atoms with van der Waals surface area (Å²) in [6, 6.07) is 6.58. The van der Waals surface area contributed by atoms with Crippen molar-refractivity contribution in [1.82, 2.24) is 5.32 Å². The predicted molar refractivity (Wildman–Crippen MR) is 75.3 cm³/mol. The molecule has 1 amide bonds. The first-order chi connectivity index (χ1) is 9.16. The molecule has 0 bridgehead atoms. The standard InChI is InChI=1S/C14H21N3O2/c1-17-7-2-3-12-9-11(4-5-13(12)17)10-16-6-8-19-14(15)18/h4-5,9,16H,2-3,6-8,10H2,1H3,(H2,15,18). The van der Waals surface area contributed by atoms with Crippen molar-refractivity contribution in [3.05, 3.63) is 29.3 Å². The van der Waals surface area contributed by atoms with Crippen LogP contribution in [0.1, 0.15) is 17.5 Å². The third-order valence-corrected chi connectivity index (χ3v) is 3.35. The zero-order chi connectivity index (χ0) is 13.7. The van der Waals surface area contributed by atoms with Crippen LogP contribution in [0.25, 0.3) is 0 Å². The highest BCUT2D eigenvalue weighted by Gasteiger charge is 2.13. The molecule has 0 aliphatic carbocycles. The highest BCUT2D eigenvalue weighted by atomic mass is 16.5. The fourth-order valence-electron chi connectivity index (χ4n) is 2.41. The number of nitrogens with zero attached hydrogens (tertiary/aromatic N) is 1. The molecule has 5 nitrogen and oxygen atoms in total. The van der Waals surface area contributed by atoms with E-state index in [4.69, 9.17) is 5.73 Å². The van der Waals surface area contributed by atoms with E-state index in [9.17, 15) is 4.79 Å². The van der Waals surface area contributed by atoms with E-state index in [-0.39, 0.29) is 0 Å². The number of hydrogen-bond acceptors (Lipinski definition) is 4. The molecule has 5 heteroatoms. The van der Waals surface area contributed by atoms with Gasteiger partial charge >= 0.3 is 6.09 Å². The van der Waals surface area contributed by atoms with Crippen LogP contribution in [-0.4, -0.2) is 32.8 Å². The maximum absolute atomic E-state index is 10.4. The SMILES string of the molecule is CN1CCCc2cc(CNCCOC(N)=O)ccc21. The molecular weight excluding hydrogens is 242 g/mol. The van der Waals surface area contributed by atoms with Gasteiger partial charge in [-0.05, 0) is 30.0 Å². The van der Waals surface area contributed by atoms with Gasteiger partial charge in [0.05, 0.1) is 0 Å². The van der Waals surface area contributed by atoms with E-state index in [0.717, 1.165) is 19.5 Å². The Bertz CT molecular complexity index is 448. The van der Waals surface area contributed by atoms with Crippen LogP contribution < -0.4 is 16.0 Å². The molecule has 0 unspecified atom stereocenters. The van der Waals surface area contributed by atoms with Gasteiger partial charge in [-0.2, -0.15) is 0 Å². The zero-order valence-electron chi connectivity index (χ0n) is 11.3. The second-order valence-electron chi connectivity index (χ2n) is 4.83. The minimum atomic E-state index is -0.724. The molecule has 0 spiro atoms. The summed E-state index contributed by atoms with van der Waals surface area (Å²) in [4.78, 5) is 12.7. The number of fused-ring (bicyclic) bond motifs is 1. The first-order valence-corrected chi connectivity index (χ1v) is 6.62. The predicted octanol–water partition coefficient (Wildman–Crippen LogP) is 1.25. The molecule has 2 rings (SSSR count). The average molecular weight is 263 g/mol. The van der Waals surface area contributed by atoms with Crippen LogP contribution in [0.3, 0.4) is 0 Å². The van der Waals surface area contributed by atoms with E-state index >= 15 is 0 Å². The van der Waals surface area contributed by atoms with Crippen molar-refractivity contribution in [3.8, 4) is 0 Å². The molecule has 1 aromatic carbocycles. The lowest BCUT2D eigenvalue weighted by Gasteiger charge is -2.27.